The molecule has 0 bridgehead atoms. The number of rotatable bonds is 3. The molecule has 2 saturated heterocycles. The molecule has 2 unspecified atom stereocenters. The van der Waals surface area contributed by atoms with E-state index in [1.807, 2.05) is 13.2 Å². The van der Waals surface area contributed by atoms with E-state index in [4.69, 9.17) is 0 Å². The zero-order valence-electron chi connectivity index (χ0n) is 11.9. The minimum atomic E-state index is 0.217. The predicted molar refractivity (Wildman–Crippen MR) is 78.5 cm³/mol. The summed E-state index contributed by atoms with van der Waals surface area (Å²) in [6.45, 7) is 2.83. The standard InChI is InChI=1S/C15H22N4O/c1-16-8-11-2-4-14(17-9-11)19-7-6-13-12(10-19)3-5-15(20)18-13/h2,4,9,12-13,16H,3,5-8,10H2,1H3,(H,18,20). The maximum Gasteiger partial charge on any atom is 0.220 e. The van der Waals surface area contributed by atoms with Gasteiger partial charge in [0.15, 0.2) is 0 Å². The fraction of sp³-hybridized carbons (Fsp3) is 0.600. The van der Waals surface area contributed by atoms with Crippen LogP contribution >= 0.6 is 0 Å². The molecule has 2 N–H and O–H groups in total. The Morgan fingerprint density at radius 1 is 1.45 bits per heavy atom. The molecule has 2 aliphatic heterocycles. The second kappa shape index (κ2) is 5.79. The van der Waals surface area contributed by atoms with E-state index in [1.54, 1.807) is 0 Å². The summed E-state index contributed by atoms with van der Waals surface area (Å²) in [4.78, 5) is 18.3. The van der Waals surface area contributed by atoms with Crippen LogP contribution in [0.5, 0.6) is 0 Å². The number of hydrogen-bond acceptors (Lipinski definition) is 4. The third-order valence-electron chi connectivity index (χ3n) is 4.34. The number of nitrogens with one attached hydrogen (secondary N) is 2. The molecule has 5 nitrogen and oxygen atoms in total. The molecule has 2 fully saturated rings. The molecule has 0 saturated carbocycles. The summed E-state index contributed by atoms with van der Waals surface area (Å²) in [5.74, 6) is 1.84. The summed E-state index contributed by atoms with van der Waals surface area (Å²) in [6, 6.07) is 4.61. The Labute approximate surface area is 119 Å². The number of aromatic nitrogens is 1. The summed E-state index contributed by atoms with van der Waals surface area (Å²) in [6.07, 6.45) is 4.64. The molecule has 0 radical (unpaired) electrons. The van der Waals surface area contributed by atoms with Gasteiger partial charge in [0, 0.05) is 38.3 Å². The number of anilines is 1. The Balaban J connectivity index is 1.65. The zero-order valence-corrected chi connectivity index (χ0v) is 11.9. The molecule has 2 aliphatic rings. The highest BCUT2D eigenvalue weighted by atomic mass is 16.1. The zero-order chi connectivity index (χ0) is 13.9. The lowest BCUT2D eigenvalue weighted by Gasteiger charge is -2.41. The van der Waals surface area contributed by atoms with E-state index in [9.17, 15) is 4.79 Å². The van der Waals surface area contributed by atoms with Crippen LogP contribution in [-0.4, -0.2) is 37.1 Å². The lowest BCUT2D eigenvalue weighted by molar-refractivity contribution is -0.124. The van der Waals surface area contributed by atoms with Gasteiger partial charge in [-0.15, -0.1) is 0 Å². The van der Waals surface area contributed by atoms with Gasteiger partial charge in [0.25, 0.3) is 0 Å². The van der Waals surface area contributed by atoms with Crippen LogP contribution in [0.3, 0.4) is 0 Å². The van der Waals surface area contributed by atoms with Crippen LogP contribution < -0.4 is 15.5 Å². The molecule has 2 atom stereocenters. The average molecular weight is 274 g/mol. The van der Waals surface area contributed by atoms with E-state index in [2.05, 4.69) is 32.7 Å². The largest absolute Gasteiger partial charge is 0.356 e. The fourth-order valence-electron chi connectivity index (χ4n) is 3.23. The van der Waals surface area contributed by atoms with E-state index in [-0.39, 0.29) is 5.91 Å². The number of hydrogen-bond donors (Lipinski definition) is 2. The highest BCUT2D eigenvalue weighted by Crippen LogP contribution is 2.27. The maximum atomic E-state index is 11.4. The summed E-state index contributed by atoms with van der Waals surface area (Å²) >= 11 is 0. The highest BCUT2D eigenvalue weighted by molar-refractivity contribution is 5.77. The molecule has 5 heteroatoms. The number of piperidine rings is 2. The number of carbonyl (C=O) groups is 1. The van der Waals surface area contributed by atoms with Crippen molar-refractivity contribution in [3.63, 3.8) is 0 Å². The van der Waals surface area contributed by atoms with Crippen molar-refractivity contribution in [2.24, 2.45) is 5.92 Å². The summed E-state index contributed by atoms with van der Waals surface area (Å²) in [5.41, 5.74) is 1.20. The molecule has 20 heavy (non-hydrogen) atoms. The van der Waals surface area contributed by atoms with Crippen molar-refractivity contribution in [1.82, 2.24) is 15.6 Å². The van der Waals surface area contributed by atoms with Gasteiger partial charge in [-0.25, -0.2) is 4.98 Å². The molecule has 1 amide bonds. The molecular weight excluding hydrogens is 252 g/mol. The maximum absolute atomic E-state index is 11.4. The molecule has 3 rings (SSSR count). The quantitative estimate of drug-likeness (QED) is 0.860. The van der Waals surface area contributed by atoms with Crippen molar-refractivity contribution in [2.45, 2.75) is 31.8 Å². The van der Waals surface area contributed by atoms with E-state index in [1.165, 1.54) is 5.56 Å². The van der Waals surface area contributed by atoms with Crippen molar-refractivity contribution in [3.05, 3.63) is 23.9 Å². The molecule has 1 aromatic heterocycles. The van der Waals surface area contributed by atoms with Gasteiger partial charge >= 0.3 is 0 Å². The minimum Gasteiger partial charge on any atom is -0.356 e. The first-order valence-corrected chi connectivity index (χ1v) is 7.40. The normalized spacial score (nSPS) is 26.1. The van der Waals surface area contributed by atoms with Crippen LogP contribution in [-0.2, 0) is 11.3 Å². The number of amides is 1. The average Bonchev–Trinajstić information content (AvgIpc) is 2.48. The van der Waals surface area contributed by atoms with Crippen LogP contribution in [0.25, 0.3) is 0 Å². The Morgan fingerprint density at radius 2 is 2.35 bits per heavy atom. The summed E-state index contributed by atoms with van der Waals surface area (Å²) in [5, 5.41) is 6.25. The van der Waals surface area contributed by atoms with Gasteiger partial charge in [-0.1, -0.05) is 6.07 Å². The Bertz CT molecular complexity index is 473. The second-order valence-electron chi connectivity index (χ2n) is 5.76. The SMILES string of the molecule is CNCc1ccc(N2CCC3NC(=O)CCC3C2)nc1. The van der Waals surface area contributed by atoms with E-state index < -0.39 is 0 Å². The lowest BCUT2D eigenvalue weighted by atomic mass is 9.85. The summed E-state index contributed by atoms with van der Waals surface area (Å²) < 4.78 is 0. The van der Waals surface area contributed by atoms with Crippen LogP contribution in [0.15, 0.2) is 18.3 Å². The highest BCUT2D eigenvalue weighted by Gasteiger charge is 2.33. The summed E-state index contributed by atoms with van der Waals surface area (Å²) in [7, 11) is 1.94. The molecule has 3 heterocycles. The first-order valence-electron chi connectivity index (χ1n) is 7.40. The minimum absolute atomic E-state index is 0.217. The van der Waals surface area contributed by atoms with Crippen molar-refractivity contribution < 1.29 is 4.79 Å². The smallest absolute Gasteiger partial charge is 0.220 e. The monoisotopic (exact) mass is 274 g/mol. The van der Waals surface area contributed by atoms with Gasteiger partial charge in [0.2, 0.25) is 5.91 Å². The van der Waals surface area contributed by atoms with Gasteiger partial charge in [0.1, 0.15) is 5.82 Å². The van der Waals surface area contributed by atoms with E-state index in [0.717, 1.165) is 38.3 Å². The van der Waals surface area contributed by atoms with Crippen LogP contribution in [0.1, 0.15) is 24.8 Å². The number of pyridine rings is 1. The Morgan fingerprint density at radius 3 is 3.10 bits per heavy atom. The van der Waals surface area contributed by atoms with Crippen LogP contribution in [0.2, 0.25) is 0 Å². The van der Waals surface area contributed by atoms with E-state index >= 15 is 0 Å². The molecule has 0 spiro atoms. The number of fused-ring (bicyclic) bond motifs is 1. The van der Waals surface area contributed by atoms with Crippen LogP contribution in [0.4, 0.5) is 5.82 Å². The first-order chi connectivity index (χ1) is 9.76. The molecule has 1 aromatic rings. The van der Waals surface area contributed by atoms with Gasteiger partial charge in [0.05, 0.1) is 0 Å². The van der Waals surface area contributed by atoms with Crippen molar-refractivity contribution in [1.29, 1.82) is 0 Å². The molecule has 108 valence electrons. The number of nitrogens with zero attached hydrogens (tertiary/aromatic N) is 2. The van der Waals surface area contributed by atoms with Crippen LogP contribution in [0, 0.1) is 5.92 Å². The van der Waals surface area contributed by atoms with Gasteiger partial charge in [-0.3, -0.25) is 4.79 Å². The van der Waals surface area contributed by atoms with Gasteiger partial charge in [-0.2, -0.15) is 0 Å². The third kappa shape index (κ3) is 2.77. The molecule has 0 aliphatic carbocycles. The molecule has 0 aromatic carbocycles. The predicted octanol–water partition coefficient (Wildman–Crippen LogP) is 0.906. The third-order valence-corrected chi connectivity index (χ3v) is 4.34. The van der Waals surface area contributed by atoms with E-state index in [0.29, 0.717) is 18.4 Å². The number of carbonyl (C=O) groups excluding carboxylic acids is 1. The fourth-order valence-corrected chi connectivity index (χ4v) is 3.23. The van der Waals surface area contributed by atoms with Gasteiger partial charge < -0.3 is 15.5 Å². The second-order valence-corrected chi connectivity index (χ2v) is 5.76. The Hall–Kier alpha value is -1.62. The lowest BCUT2D eigenvalue weighted by Crippen LogP contribution is -2.54. The molecular formula is C15H22N4O. The van der Waals surface area contributed by atoms with Gasteiger partial charge in [-0.05, 0) is 37.4 Å². The Kier molecular flexibility index (Phi) is 3.87. The van der Waals surface area contributed by atoms with Crippen molar-refractivity contribution >= 4 is 11.7 Å². The van der Waals surface area contributed by atoms with Crippen molar-refractivity contribution in [3.8, 4) is 0 Å². The first kappa shape index (κ1) is 13.4. The van der Waals surface area contributed by atoms with Crippen molar-refractivity contribution in [2.75, 3.05) is 25.0 Å². The topological polar surface area (TPSA) is 57.3 Å².